The second-order valence-electron chi connectivity index (χ2n) is 4.24. The van der Waals surface area contributed by atoms with E-state index in [9.17, 15) is 13.2 Å². The van der Waals surface area contributed by atoms with Gasteiger partial charge in [-0.1, -0.05) is 13.8 Å². The second kappa shape index (κ2) is 6.35. The highest BCUT2D eigenvalue weighted by Gasteiger charge is 2.35. The van der Waals surface area contributed by atoms with Crippen molar-refractivity contribution in [3.63, 3.8) is 0 Å². The fraction of sp³-hybridized carbons (Fsp3) is 0.900. The molecule has 8 heteroatoms. The molecular formula is C10H21N3O4S. The molecule has 0 aromatic heterocycles. The van der Waals surface area contributed by atoms with Gasteiger partial charge in [-0.3, -0.25) is 0 Å². The molecule has 7 nitrogen and oxygen atoms in total. The number of rotatable bonds is 4. The standard InChI is InChI=1S/C10H21N3O4S/c1-4-8-7-13(9(5-2)6-11-8)18(15,16)12-10(14)17-3/h8-9,11H,4-7H2,1-3H3,(H,12,14). The van der Waals surface area contributed by atoms with Crippen LogP contribution in [0.15, 0.2) is 0 Å². The van der Waals surface area contributed by atoms with E-state index in [2.05, 4.69) is 10.1 Å². The third kappa shape index (κ3) is 3.56. The smallest absolute Gasteiger partial charge is 0.421 e. The Morgan fingerprint density at radius 1 is 1.44 bits per heavy atom. The van der Waals surface area contributed by atoms with E-state index in [-0.39, 0.29) is 12.1 Å². The van der Waals surface area contributed by atoms with Crippen LogP contribution in [0.1, 0.15) is 26.7 Å². The molecule has 18 heavy (non-hydrogen) atoms. The maximum Gasteiger partial charge on any atom is 0.421 e. The molecule has 1 amide bonds. The Balaban J connectivity index is 2.84. The maximum absolute atomic E-state index is 12.1. The molecule has 0 aromatic rings. The fourth-order valence-corrected chi connectivity index (χ4v) is 3.36. The molecule has 1 heterocycles. The van der Waals surface area contributed by atoms with E-state index in [4.69, 9.17) is 0 Å². The van der Waals surface area contributed by atoms with Gasteiger partial charge in [-0.2, -0.15) is 12.7 Å². The Hall–Kier alpha value is -0.860. The summed E-state index contributed by atoms with van der Waals surface area (Å²) in [4.78, 5) is 11.1. The first-order valence-electron chi connectivity index (χ1n) is 6.05. The maximum atomic E-state index is 12.1. The second-order valence-corrected chi connectivity index (χ2v) is 5.87. The molecule has 0 spiro atoms. The molecule has 1 saturated heterocycles. The van der Waals surface area contributed by atoms with Gasteiger partial charge in [0.1, 0.15) is 0 Å². The van der Waals surface area contributed by atoms with Gasteiger partial charge in [0.25, 0.3) is 0 Å². The summed E-state index contributed by atoms with van der Waals surface area (Å²) in [6.07, 6.45) is 0.558. The van der Waals surface area contributed by atoms with Crippen LogP contribution < -0.4 is 10.0 Å². The van der Waals surface area contributed by atoms with Crippen LogP contribution in [0.3, 0.4) is 0 Å². The van der Waals surface area contributed by atoms with Crippen molar-refractivity contribution in [3.05, 3.63) is 0 Å². The minimum absolute atomic E-state index is 0.113. The van der Waals surface area contributed by atoms with Crippen LogP contribution in [0.4, 0.5) is 4.79 Å². The fourth-order valence-electron chi connectivity index (χ4n) is 1.96. The molecule has 0 radical (unpaired) electrons. The molecule has 1 aliphatic heterocycles. The third-order valence-corrected chi connectivity index (χ3v) is 4.61. The molecular weight excluding hydrogens is 258 g/mol. The molecule has 0 aliphatic carbocycles. The van der Waals surface area contributed by atoms with Crippen molar-refractivity contribution in [3.8, 4) is 0 Å². The summed E-state index contributed by atoms with van der Waals surface area (Å²) in [7, 11) is -2.70. The molecule has 2 atom stereocenters. The number of nitrogens with one attached hydrogen (secondary N) is 2. The average molecular weight is 279 g/mol. The van der Waals surface area contributed by atoms with Crippen molar-refractivity contribution in [1.82, 2.24) is 14.3 Å². The number of hydrogen-bond donors (Lipinski definition) is 2. The molecule has 1 aliphatic rings. The van der Waals surface area contributed by atoms with Gasteiger partial charge in [0.2, 0.25) is 0 Å². The van der Waals surface area contributed by atoms with Crippen molar-refractivity contribution in [1.29, 1.82) is 0 Å². The number of amides is 1. The topological polar surface area (TPSA) is 87.7 Å². The van der Waals surface area contributed by atoms with Gasteiger partial charge in [-0.25, -0.2) is 9.52 Å². The molecule has 2 unspecified atom stereocenters. The van der Waals surface area contributed by atoms with Crippen LogP contribution in [0, 0.1) is 0 Å². The normalized spacial score (nSPS) is 25.7. The van der Waals surface area contributed by atoms with Crippen molar-refractivity contribution < 1.29 is 17.9 Å². The molecule has 2 N–H and O–H groups in total. The summed E-state index contributed by atoms with van der Waals surface area (Å²) in [6, 6.07) is -0.0306. The highest BCUT2D eigenvalue weighted by Crippen LogP contribution is 2.15. The van der Waals surface area contributed by atoms with Gasteiger partial charge < -0.3 is 10.1 Å². The van der Waals surface area contributed by atoms with E-state index < -0.39 is 16.3 Å². The van der Waals surface area contributed by atoms with E-state index in [0.29, 0.717) is 19.5 Å². The summed E-state index contributed by atoms with van der Waals surface area (Å²) in [6.45, 7) is 4.86. The van der Waals surface area contributed by atoms with Gasteiger partial charge in [-0.15, -0.1) is 0 Å². The van der Waals surface area contributed by atoms with Crippen molar-refractivity contribution in [2.24, 2.45) is 0 Å². The number of hydrogen-bond acceptors (Lipinski definition) is 5. The minimum Gasteiger partial charge on any atom is -0.452 e. The lowest BCUT2D eigenvalue weighted by Crippen LogP contribution is -2.60. The predicted molar refractivity (Wildman–Crippen MR) is 67.3 cm³/mol. The minimum atomic E-state index is -3.83. The van der Waals surface area contributed by atoms with E-state index >= 15 is 0 Å². The summed E-state index contributed by atoms with van der Waals surface area (Å²) in [5.74, 6) is 0. The van der Waals surface area contributed by atoms with Crippen LogP contribution in [0.2, 0.25) is 0 Å². The van der Waals surface area contributed by atoms with Crippen molar-refractivity contribution >= 4 is 16.3 Å². The summed E-state index contributed by atoms with van der Waals surface area (Å²) >= 11 is 0. The third-order valence-electron chi connectivity index (χ3n) is 3.12. The van der Waals surface area contributed by atoms with Gasteiger partial charge in [0.05, 0.1) is 7.11 Å². The number of carbonyl (C=O) groups is 1. The predicted octanol–water partition coefficient (Wildman–Crippen LogP) is 0.0496. The molecule has 0 bridgehead atoms. The Kier molecular flexibility index (Phi) is 5.36. The highest BCUT2D eigenvalue weighted by molar-refractivity contribution is 7.87. The van der Waals surface area contributed by atoms with E-state index in [0.717, 1.165) is 13.5 Å². The van der Waals surface area contributed by atoms with Gasteiger partial charge in [0.15, 0.2) is 0 Å². The average Bonchev–Trinajstić information content (AvgIpc) is 2.37. The summed E-state index contributed by atoms with van der Waals surface area (Å²) in [5, 5.41) is 3.29. The van der Waals surface area contributed by atoms with Gasteiger partial charge in [0, 0.05) is 25.2 Å². The van der Waals surface area contributed by atoms with Crippen LogP contribution in [-0.4, -0.2) is 51.1 Å². The van der Waals surface area contributed by atoms with Crippen molar-refractivity contribution in [2.75, 3.05) is 20.2 Å². The highest BCUT2D eigenvalue weighted by atomic mass is 32.2. The lowest BCUT2D eigenvalue weighted by atomic mass is 10.1. The number of piperazine rings is 1. The first-order chi connectivity index (χ1) is 8.44. The Bertz CT molecular complexity index is 385. The van der Waals surface area contributed by atoms with Gasteiger partial charge in [-0.05, 0) is 12.8 Å². The van der Waals surface area contributed by atoms with Gasteiger partial charge >= 0.3 is 16.3 Å². The van der Waals surface area contributed by atoms with Crippen molar-refractivity contribution in [2.45, 2.75) is 38.8 Å². The lowest BCUT2D eigenvalue weighted by molar-refractivity contribution is 0.174. The number of methoxy groups -OCH3 is 1. The zero-order valence-corrected chi connectivity index (χ0v) is 11.8. The Morgan fingerprint density at radius 2 is 2.11 bits per heavy atom. The SMILES string of the molecule is CCC1CN(S(=O)(=O)NC(=O)OC)C(CC)CN1. The summed E-state index contributed by atoms with van der Waals surface area (Å²) < 4.78 is 31.7. The number of carbonyl (C=O) groups excluding carboxylic acids is 1. The van der Waals surface area contributed by atoms with E-state index in [1.807, 2.05) is 18.6 Å². The van der Waals surface area contributed by atoms with E-state index in [1.54, 1.807) is 0 Å². The number of ether oxygens (including phenoxy) is 1. The summed E-state index contributed by atoms with van der Waals surface area (Å²) in [5.41, 5.74) is 0. The lowest BCUT2D eigenvalue weighted by Gasteiger charge is -2.38. The zero-order chi connectivity index (χ0) is 13.8. The Labute approximate surface area is 108 Å². The van der Waals surface area contributed by atoms with E-state index in [1.165, 1.54) is 4.31 Å². The first kappa shape index (κ1) is 15.2. The quantitative estimate of drug-likeness (QED) is 0.759. The molecule has 1 rings (SSSR count). The van der Waals surface area contributed by atoms with Crippen LogP contribution in [0.5, 0.6) is 0 Å². The molecule has 0 aromatic carbocycles. The Morgan fingerprint density at radius 3 is 2.61 bits per heavy atom. The monoisotopic (exact) mass is 279 g/mol. The van der Waals surface area contributed by atoms with Crippen LogP contribution in [-0.2, 0) is 14.9 Å². The zero-order valence-electron chi connectivity index (χ0n) is 11.0. The molecule has 1 fully saturated rings. The molecule has 0 saturated carbocycles. The number of nitrogens with zero attached hydrogens (tertiary/aromatic N) is 1. The van der Waals surface area contributed by atoms with Crippen LogP contribution in [0.25, 0.3) is 0 Å². The van der Waals surface area contributed by atoms with Crippen LogP contribution >= 0.6 is 0 Å². The molecule has 106 valence electrons. The largest absolute Gasteiger partial charge is 0.452 e. The first-order valence-corrected chi connectivity index (χ1v) is 7.49.